The minimum Gasteiger partial charge on any atom is -0.351 e. The fraction of sp³-hybridized carbons (Fsp3) is 0.333. The van der Waals surface area contributed by atoms with Crippen LogP contribution in [-0.4, -0.2) is 49.0 Å². The highest BCUT2D eigenvalue weighted by molar-refractivity contribution is 5.95. The summed E-state index contributed by atoms with van der Waals surface area (Å²) < 4.78 is 3.53. The van der Waals surface area contributed by atoms with Gasteiger partial charge in [-0.05, 0) is 19.1 Å². The summed E-state index contributed by atoms with van der Waals surface area (Å²) in [6, 6.07) is 5.27. The van der Waals surface area contributed by atoms with Crippen LogP contribution in [0.15, 0.2) is 30.6 Å². The SMILES string of the molecule is CCNC(=O)c1cccc2nc(C(=O)N3CCc4c(cnn4C)C3)cn12. The molecule has 134 valence electrons. The zero-order valence-electron chi connectivity index (χ0n) is 14.8. The van der Waals surface area contributed by atoms with E-state index in [-0.39, 0.29) is 11.8 Å². The molecule has 3 aromatic heterocycles. The van der Waals surface area contributed by atoms with Crippen molar-refractivity contribution in [3.05, 3.63) is 53.2 Å². The van der Waals surface area contributed by atoms with E-state index >= 15 is 0 Å². The summed E-state index contributed by atoms with van der Waals surface area (Å²) in [7, 11) is 1.92. The van der Waals surface area contributed by atoms with Crippen molar-refractivity contribution in [2.75, 3.05) is 13.1 Å². The Balaban J connectivity index is 1.64. The summed E-state index contributed by atoms with van der Waals surface area (Å²) in [5.41, 5.74) is 3.62. The van der Waals surface area contributed by atoms with Crippen LogP contribution in [0.25, 0.3) is 5.65 Å². The van der Waals surface area contributed by atoms with Crippen LogP contribution in [0.4, 0.5) is 0 Å². The largest absolute Gasteiger partial charge is 0.351 e. The number of aryl methyl sites for hydroxylation is 1. The molecule has 1 aliphatic heterocycles. The van der Waals surface area contributed by atoms with Gasteiger partial charge in [-0.15, -0.1) is 0 Å². The third kappa shape index (κ3) is 2.63. The minimum absolute atomic E-state index is 0.134. The van der Waals surface area contributed by atoms with Crippen LogP contribution in [0.5, 0.6) is 0 Å². The van der Waals surface area contributed by atoms with Crippen molar-refractivity contribution in [3.63, 3.8) is 0 Å². The number of fused-ring (bicyclic) bond motifs is 2. The Bertz CT molecular complexity index is 1000. The number of imidazole rings is 1. The molecule has 8 heteroatoms. The van der Waals surface area contributed by atoms with Crippen molar-refractivity contribution in [2.24, 2.45) is 7.05 Å². The summed E-state index contributed by atoms with van der Waals surface area (Å²) in [5, 5.41) is 7.04. The summed E-state index contributed by atoms with van der Waals surface area (Å²) in [6.07, 6.45) is 4.22. The highest BCUT2D eigenvalue weighted by Crippen LogP contribution is 2.20. The zero-order chi connectivity index (χ0) is 18.3. The van der Waals surface area contributed by atoms with Gasteiger partial charge in [0.05, 0.1) is 6.20 Å². The summed E-state index contributed by atoms with van der Waals surface area (Å²) in [4.78, 5) is 31.3. The second kappa shape index (κ2) is 6.29. The maximum atomic E-state index is 12.9. The molecule has 0 radical (unpaired) electrons. The average Bonchev–Trinajstić information content (AvgIpc) is 3.24. The molecule has 3 aromatic rings. The fourth-order valence-corrected chi connectivity index (χ4v) is 3.37. The molecule has 0 aromatic carbocycles. The molecule has 0 atom stereocenters. The van der Waals surface area contributed by atoms with Gasteiger partial charge >= 0.3 is 0 Å². The Labute approximate surface area is 150 Å². The van der Waals surface area contributed by atoms with Crippen LogP contribution in [0, 0.1) is 0 Å². The molecule has 1 aliphatic rings. The van der Waals surface area contributed by atoms with Gasteiger partial charge in [-0.2, -0.15) is 5.10 Å². The van der Waals surface area contributed by atoms with Crippen molar-refractivity contribution in [2.45, 2.75) is 19.9 Å². The van der Waals surface area contributed by atoms with E-state index in [0.29, 0.717) is 36.7 Å². The molecule has 2 amide bonds. The minimum atomic E-state index is -0.188. The standard InChI is InChI=1S/C18H20N6O2/c1-3-19-17(25)15-5-4-6-16-21-13(11-24(15)16)18(26)23-8-7-14-12(10-23)9-20-22(14)2/h4-6,9,11H,3,7-8,10H2,1-2H3,(H,19,25). The number of amides is 2. The van der Waals surface area contributed by atoms with Crippen LogP contribution in [0.1, 0.15) is 39.2 Å². The number of nitrogens with zero attached hydrogens (tertiary/aromatic N) is 5. The van der Waals surface area contributed by atoms with Gasteiger partial charge in [0.15, 0.2) is 0 Å². The average molecular weight is 352 g/mol. The number of hydrogen-bond donors (Lipinski definition) is 1. The lowest BCUT2D eigenvalue weighted by Crippen LogP contribution is -2.36. The normalized spacial score (nSPS) is 13.7. The second-order valence-corrected chi connectivity index (χ2v) is 6.34. The number of aromatic nitrogens is 4. The van der Waals surface area contributed by atoms with Crippen LogP contribution < -0.4 is 5.32 Å². The summed E-state index contributed by atoms with van der Waals surface area (Å²) in [5.74, 6) is -0.322. The molecule has 0 unspecified atom stereocenters. The first-order valence-corrected chi connectivity index (χ1v) is 8.64. The highest BCUT2D eigenvalue weighted by Gasteiger charge is 2.26. The maximum absolute atomic E-state index is 12.9. The van der Waals surface area contributed by atoms with E-state index in [1.807, 2.05) is 24.9 Å². The predicted molar refractivity (Wildman–Crippen MR) is 94.9 cm³/mol. The molecule has 4 heterocycles. The fourth-order valence-electron chi connectivity index (χ4n) is 3.37. The smallest absolute Gasteiger partial charge is 0.274 e. The molecule has 0 saturated carbocycles. The molecule has 0 spiro atoms. The third-order valence-corrected chi connectivity index (χ3v) is 4.70. The Morgan fingerprint density at radius 3 is 2.96 bits per heavy atom. The van der Waals surface area contributed by atoms with E-state index in [9.17, 15) is 9.59 Å². The summed E-state index contributed by atoms with van der Waals surface area (Å²) >= 11 is 0. The number of rotatable bonds is 3. The van der Waals surface area contributed by atoms with Gasteiger partial charge in [-0.3, -0.25) is 18.7 Å². The van der Waals surface area contributed by atoms with Crippen LogP contribution in [-0.2, 0) is 20.0 Å². The van der Waals surface area contributed by atoms with Gasteiger partial charge in [0.1, 0.15) is 17.0 Å². The van der Waals surface area contributed by atoms with Crippen molar-refractivity contribution >= 4 is 17.5 Å². The van der Waals surface area contributed by atoms with Gasteiger partial charge in [0.2, 0.25) is 0 Å². The first-order valence-electron chi connectivity index (χ1n) is 8.64. The van der Waals surface area contributed by atoms with E-state index in [1.54, 1.807) is 33.7 Å². The molecule has 0 saturated heterocycles. The van der Waals surface area contributed by atoms with Crippen molar-refractivity contribution in [1.29, 1.82) is 0 Å². The first-order chi connectivity index (χ1) is 12.6. The molecule has 0 bridgehead atoms. The van der Waals surface area contributed by atoms with Gasteiger partial charge < -0.3 is 10.2 Å². The molecule has 0 aliphatic carbocycles. The Morgan fingerprint density at radius 1 is 1.31 bits per heavy atom. The van der Waals surface area contributed by atoms with E-state index in [1.165, 1.54) is 5.69 Å². The Morgan fingerprint density at radius 2 is 2.15 bits per heavy atom. The van der Waals surface area contributed by atoms with Crippen molar-refractivity contribution < 1.29 is 9.59 Å². The van der Waals surface area contributed by atoms with Gasteiger partial charge in [0, 0.05) is 50.6 Å². The van der Waals surface area contributed by atoms with E-state index < -0.39 is 0 Å². The lowest BCUT2D eigenvalue weighted by Gasteiger charge is -2.26. The number of carbonyl (C=O) groups is 2. The predicted octanol–water partition coefficient (Wildman–Crippen LogP) is 1.02. The van der Waals surface area contributed by atoms with E-state index in [0.717, 1.165) is 12.0 Å². The third-order valence-electron chi connectivity index (χ3n) is 4.70. The highest BCUT2D eigenvalue weighted by atomic mass is 16.2. The van der Waals surface area contributed by atoms with Crippen molar-refractivity contribution in [1.82, 2.24) is 29.4 Å². The number of hydrogen-bond acceptors (Lipinski definition) is 4. The lowest BCUT2D eigenvalue weighted by atomic mass is 10.1. The molecular weight excluding hydrogens is 332 g/mol. The Kier molecular flexibility index (Phi) is 3.95. The maximum Gasteiger partial charge on any atom is 0.274 e. The van der Waals surface area contributed by atoms with Crippen molar-refractivity contribution in [3.8, 4) is 0 Å². The monoisotopic (exact) mass is 352 g/mol. The molecule has 8 nitrogen and oxygen atoms in total. The van der Waals surface area contributed by atoms with Crippen LogP contribution in [0.2, 0.25) is 0 Å². The van der Waals surface area contributed by atoms with E-state index in [4.69, 9.17) is 0 Å². The quantitative estimate of drug-likeness (QED) is 0.763. The van der Waals surface area contributed by atoms with E-state index in [2.05, 4.69) is 15.4 Å². The molecular formula is C18H20N6O2. The second-order valence-electron chi connectivity index (χ2n) is 6.34. The van der Waals surface area contributed by atoms with Gasteiger partial charge in [0.25, 0.3) is 11.8 Å². The topological polar surface area (TPSA) is 84.5 Å². The summed E-state index contributed by atoms with van der Waals surface area (Å²) in [6.45, 7) is 3.56. The van der Waals surface area contributed by atoms with Crippen LogP contribution in [0.3, 0.4) is 0 Å². The first kappa shape index (κ1) is 16.3. The van der Waals surface area contributed by atoms with Gasteiger partial charge in [-0.25, -0.2) is 4.98 Å². The number of nitrogens with one attached hydrogen (secondary N) is 1. The molecule has 0 fully saturated rings. The number of carbonyl (C=O) groups excluding carboxylic acids is 2. The molecule has 4 rings (SSSR count). The Hall–Kier alpha value is -3.16. The number of pyridine rings is 1. The lowest BCUT2D eigenvalue weighted by molar-refractivity contribution is 0.0727. The van der Waals surface area contributed by atoms with Crippen LogP contribution >= 0.6 is 0 Å². The van der Waals surface area contributed by atoms with Gasteiger partial charge in [-0.1, -0.05) is 6.07 Å². The molecule has 1 N–H and O–H groups in total. The zero-order valence-corrected chi connectivity index (χ0v) is 14.8. The molecule has 26 heavy (non-hydrogen) atoms.